The summed E-state index contributed by atoms with van der Waals surface area (Å²) in [5.41, 5.74) is 8.26. The number of nitrogens with two attached hydrogens (primary N) is 1. The molecule has 0 saturated carbocycles. The molecule has 0 amide bonds. The highest BCUT2D eigenvalue weighted by molar-refractivity contribution is 5.53. The summed E-state index contributed by atoms with van der Waals surface area (Å²) >= 11 is 0. The molecular weight excluding hydrogens is 232 g/mol. The van der Waals surface area contributed by atoms with Crippen LogP contribution in [0.5, 0.6) is 0 Å². The van der Waals surface area contributed by atoms with E-state index in [4.69, 9.17) is 5.73 Å². The maximum absolute atomic E-state index is 5.88. The van der Waals surface area contributed by atoms with Crippen molar-refractivity contribution in [3.63, 3.8) is 0 Å². The predicted molar refractivity (Wildman–Crippen MR) is 83.2 cm³/mol. The molecule has 0 spiro atoms. The second kappa shape index (κ2) is 6.76. The maximum Gasteiger partial charge on any atom is 0.0595 e. The summed E-state index contributed by atoms with van der Waals surface area (Å²) in [4.78, 5) is 2.19. The lowest BCUT2D eigenvalue weighted by molar-refractivity contribution is 0.758. The van der Waals surface area contributed by atoms with Gasteiger partial charge in [0.25, 0.3) is 0 Å². The van der Waals surface area contributed by atoms with Crippen molar-refractivity contribution in [1.29, 1.82) is 0 Å². The van der Waals surface area contributed by atoms with Crippen LogP contribution in [0.25, 0.3) is 6.08 Å². The number of anilines is 1. The van der Waals surface area contributed by atoms with Crippen molar-refractivity contribution < 1.29 is 0 Å². The van der Waals surface area contributed by atoms with Crippen LogP contribution in [0, 0.1) is 0 Å². The van der Waals surface area contributed by atoms with Crippen molar-refractivity contribution in [2.45, 2.75) is 6.04 Å². The average Bonchev–Trinajstić information content (AvgIpc) is 2.49. The van der Waals surface area contributed by atoms with Crippen LogP contribution in [0.2, 0.25) is 0 Å². The molecule has 0 aliphatic rings. The van der Waals surface area contributed by atoms with Gasteiger partial charge in [0.1, 0.15) is 0 Å². The van der Waals surface area contributed by atoms with Crippen LogP contribution in [-0.2, 0) is 0 Å². The average molecular weight is 252 g/mol. The summed E-state index contributed by atoms with van der Waals surface area (Å²) in [6.07, 6.45) is 4.28. The van der Waals surface area contributed by atoms with Crippen molar-refractivity contribution in [3.05, 3.63) is 72.3 Å². The van der Waals surface area contributed by atoms with Crippen LogP contribution in [-0.4, -0.2) is 19.6 Å². The molecule has 0 heterocycles. The molecule has 0 radical (unpaired) electrons. The highest BCUT2D eigenvalue weighted by atomic mass is 15.1. The van der Waals surface area contributed by atoms with E-state index < -0.39 is 0 Å². The van der Waals surface area contributed by atoms with Crippen LogP contribution in [0.1, 0.15) is 5.56 Å². The third kappa shape index (κ3) is 3.70. The molecule has 2 N–H and O–H groups in total. The first-order valence-electron chi connectivity index (χ1n) is 6.52. The van der Waals surface area contributed by atoms with Crippen molar-refractivity contribution in [1.82, 2.24) is 0 Å². The van der Waals surface area contributed by atoms with Gasteiger partial charge in [-0.25, -0.2) is 0 Å². The minimum absolute atomic E-state index is 0.197. The third-order valence-electron chi connectivity index (χ3n) is 3.21. The zero-order valence-electron chi connectivity index (χ0n) is 11.2. The Hall–Kier alpha value is -2.06. The van der Waals surface area contributed by atoms with Gasteiger partial charge in [-0.15, -0.1) is 0 Å². The van der Waals surface area contributed by atoms with Gasteiger partial charge in [-0.05, 0) is 17.7 Å². The molecule has 1 atom stereocenters. The van der Waals surface area contributed by atoms with E-state index in [0.717, 1.165) is 0 Å². The predicted octanol–water partition coefficient (Wildman–Crippen LogP) is 3.16. The lowest BCUT2D eigenvalue weighted by atomic mass is 10.1. The molecule has 0 saturated heterocycles. The number of rotatable bonds is 5. The Morgan fingerprint density at radius 3 is 2.16 bits per heavy atom. The number of para-hydroxylation sites is 1. The van der Waals surface area contributed by atoms with E-state index in [2.05, 4.69) is 48.4 Å². The van der Waals surface area contributed by atoms with E-state index in [-0.39, 0.29) is 6.04 Å². The number of hydrogen-bond donors (Lipinski definition) is 1. The molecule has 2 aromatic rings. The molecule has 1 unspecified atom stereocenters. The van der Waals surface area contributed by atoms with Crippen molar-refractivity contribution >= 4 is 11.8 Å². The van der Waals surface area contributed by atoms with Crippen LogP contribution in [0.4, 0.5) is 5.69 Å². The molecule has 2 aromatic carbocycles. The topological polar surface area (TPSA) is 29.3 Å². The summed E-state index contributed by atoms with van der Waals surface area (Å²) in [5.74, 6) is 0. The molecule has 98 valence electrons. The lowest BCUT2D eigenvalue weighted by Gasteiger charge is -2.26. The van der Waals surface area contributed by atoms with Gasteiger partial charge < -0.3 is 10.6 Å². The van der Waals surface area contributed by atoms with Gasteiger partial charge in [-0.3, -0.25) is 0 Å². The van der Waals surface area contributed by atoms with E-state index in [1.165, 1.54) is 11.3 Å². The first kappa shape index (κ1) is 13.4. The van der Waals surface area contributed by atoms with Crippen LogP contribution >= 0.6 is 0 Å². The van der Waals surface area contributed by atoms with E-state index in [1.54, 1.807) is 0 Å². The van der Waals surface area contributed by atoms with Crippen molar-refractivity contribution in [2.24, 2.45) is 5.73 Å². The molecular formula is C17H20N2. The fourth-order valence-corrected chi connectivity index (χ4v) is 2.01. The zero-order chi connectivity index (χ0) is 13.5. The molecule has 0 aliphatic carbocycles. The minimum atomic E-state index is 0.197. The summed E-state index contributed by atoms with van der Waals surface area (Å²) in [6.45, 7) is 0.592. The monoisotopic (exact) mass is 252 g/mol. The summed E-state index contributed by atoms with van der Waals surface area (Å²) in [5, 5.41) is 0. The number of nitrogens with zero attached hydrogens (tertiary/aromatic N) is 1. The molecule has 0 fully saturated rings. The van der Waals surface area contributed by atoms with Gasteiger partial charge in [0, 0.05) is 19.3 Å². The molecule has 2 heteroatoms. The third-order valence-corrected chi connectivity index (χ3v) is 3.21. The minimum Gasteiger partial charge on any atom is -0.367 e. The Bertz CT molecular complexity index is 505. The number of likely N-dealkylation sites (N-methyl/N-ethyl adjacent to an activating group) is 1. The van der Waals surface area contributed by atoms with E-state index in [0.29, 0.717) is 6.54 Å². The molecule has 19 heavy (non-hydrogen) atoms. The fraction of sp³-hybridized carbons (Fsp3) is 0.176. The standard InChI is InChI=1S/C17H20N2/c1-19(16-10-6-3-7-11-16)17(14-18)13-12-15-8-4-2-5-9-15/h2-13,17H,14,18H2,1H3/b13-12-. The van der Waals surface area contributed by atoms with E-state index in [1.807, 2.05) is 36.4 Å². The maximum atomic E-state index is 5.88. The molecule has 0 bridgehead atoms. The summed E-state index contributed by atoms with van der Waals surface area (Å²) in [6, 6.07) is 20.8. The second-order valence-corrected chi connectivity index (χ2v) is 4.52. The largest absolute Gasteiger partial charge is 0.367 e. The molecule has 0 aliphatic heterocycles. The highest BCUT2D eigenvalue weighted by Gasteiger charge is 2.09. The first-order chi connectivity index (χ1) is 9.31. The Balaban J connectivity index is 2.10. The number of hydrogen-bond acceptors (Lipinski definition) is 2. The normalized spacial score (nSPS) is 12.5. The first-order valence-corrected chi connectivity index (χ1v) is 6.52. The fourth-order valence-electron chi connectivity index (χ4n) is 2.01. The van der Waals surface area contributed by atoms with Crippen LogP contribution in [0.15, 0.2) is 66.7 Å². The van der Waals surface area contributed by atoms with Gasteiger partial charge in [0.2, 0.25) is 0 Å². The SMILES string of the molecule is CN(c1ccccc1)C(/C=C\c1ccccc1)CN. The Morgan fingerprint density at radius 1 is 1.00 bits per heavy atom. The van der Waals surface area contributed by atoms with Gasteiger partial charge >= 0.3 is 0 Å². The summed E-state index contributed by atoms with van der Waals surface area (Å²) in [7, 11) is 2.07. The Labute approximate surface area is 115 Å². The molecule has 0 aromatic heterocycles. The van der Waals surface area contributed by atoms with Crippen LogP contribution < -0.4 is 10.6 Å². The van der Waals surface area contributed by atoms with E-state index >= 15 is 0 Å². The molecule has 2 rings (SSSR count). The second-order valence-electron chi connectivity index (χ2n) is 4.52. The van der Waals surface area contributed by atoms with Gasteiger partial charge in [0.05, 0.1) is 6.04 Å². The Kier molecular flexibility index (Phi) is 4.76. The smallest absolute Gasteiger partial charge is 0.0595 e. The number of benzene rings is 2. The van der Waals surface area contributed by atoms with Gasteiger partial charge in [0.15, 0.2) is 0 Å². The quantitative estimate of drug-likeness (QED) is 0.885. The van der Waals surface area contributed by atoms with Gasteiger partial charge in [-0.2, -0.15) is 0 Å². The van der Waals surface area contributed by atoms with E-state index in [9.17, 15) is 0 Å². The van der Waals surface area contributed by atoms with Crippen molar-refractivity contribution in [3.8, 4) is 0 Å². The highest BCUT2D eigenvalue weighted by Crippen LogP contribution is 2.15. The zero-order valence-corrected chi connectivity index (χ0v) is 11.2. The Morgan fingerprint density at radius 2 is 1.58 bits per heavy atom. The lowest BCUT2D eigenvalue weighted by Crippen LogP contribution is -2.36. The summed E-state index contributed by atoms with van der Waals surface area (Å²) < 4.78 is 0. The molecule has 2 nitrogen and oxygen atoms in total. The van der Waals surface area contributed by atoms with Gasteiger partial charge in [-0.1, -0.05) is 60.7 Å². The van der Waals surface area contributed by atoms with Crippen LogP contribution in [0.3, 0.4) is 0 Å². The van der Waals surface area contributed by atoms with Crippen molar-refractivity contribution in [2.75, 3.05) is 18.5 Å².